The van der Waals surface area contributed by atoms with E-state index in [1.807, 2.05) is 30.3 Å². The number of aromatic hydroxyl groups is 2. The molecule has 0 saturated carbocycles. The van der Waals surface area contributed by atoms with Gasteiger partial charge in [-0.15, -0.1) is 0 Å². The maximum absolute atomic E-state index is 13.4. The predicted molar refractivity (Wildman–Crippen MR) is 169 cm³/mol. The summed E-state index contributed by atoms with van der Waals surface area (Å²) in [5.74, 6) is 2.45. The fraction of sp³-hybridized carbons (Fsp3) is 0.639. The molecular formula is C36H57NO3. The normalized spacial score (nSPS) is 15.8. The van der Waals surface area contributed by atoms with E-state index in [0.29, 0.717) is 17.0 Å². The van der Waals surface area contributed by atoms with E-state index >= 15 is 0 Å². The molecule has 224 valence electrons. The van der Waals surface area contributed by atoms with E-state index in [9.17, 15) is 15.0 Å². The Labute approximate surface area is 245 Å². The van der Waals surface area contributed by atoms with Crippen LogP contribution in [0.4, 0.5) is 0 Å². The maximum atomic E-state index is 13.4. The minimum Gasteiger partial charge on any atom is -0.508 e. The number of hydrogen-bond donors (Lipinski definition) is 3. The number of carbonyl (C=O) groups is 1. The van der Waals surface area contributed by atoms with Crippen LogP contribution < -0.4 is 5.32 Å². The highest BCUT2D eigenvalue weighted by Crippen LogP contribution is 2.44. The Morgan fingerprint density at radius 3 is 1.90 bits per heavy atom. The molecule has 0 aromatic heterocycles. The second-order valence-electron chi connectivity index (χ2n) is 13.7. The van der Waals surface area contributed by atoms with E-state index in [4.69, 9.17) is 0 Å². The lowest BCUT2D eigenvalue weighted by atomic mass is 9.64. The first-order valence-corrected chi connectivity index (χ1v) is 15.7. The van der Waals surface area contributed by atoms with Crippen LogP contribution in [0.15, 0.2) is 48.5 Å². The first-order valence-electron chi connectivity index (χ1n) is 15.7. The molecule has 0 bridgehead atoms. The average molecular weight is 552 g/mol. The third-order valence-electron chi connectivity index (χ3n) is 9.41. The van der Waals surface area contributed by atoms with Crippen LogP contribution in [-0.2, 0) is 5.41 Å². The van der Waals surface area contributed by atoms with Crippen molar-refractivity contribution in [2.24, 2.45) is 23.7 Å². The number of nitrogens with one attached hydrogen (secondary N) is 1. The summed E-state index contributed by atoms with van der Waals surface area (Å²) >= 11 is 0. The molecule has 4 atom stereocenters. The fourth-order valence-corrected chi connectivity index (χ4v) is 6.17. The Morgan fingerprint density at radius 1 is 0.775 bits per heavy atom. The summed E-state index contributed by atoms with van der Waals surface area (Å²) in [6.45, 7) is 17.8. The minimum absolute atomic E-state index is 0.0256. The van der Waals surface area contributed by atoms with Crippen molar-refractivity contribution < 1.29 is 15.0 Å². The molecule has 4 nitrogen and oxygen atoms in total. The molecule has 0 aliphatic rings. The Balaban J connectivity index is 2.07. The van der Waals surface area contributed by atoms with Gasteiger partial charge in [-0.05, 0) is 72.8 Å². The summed E-state index contributed by atoms with van der Waals surface area (Å²) in [6, 6.07) is 14.1. The van der Waals surface area contributed by atoms with Gasteiger partial charge in [-0.1, -0.05) is 118 Å². The molecule has 0 spiro atoms. The summed E-state index contributed by atoms with van der Waals surface area (Å²) in [5, 5.41) is 24.3. The van der Waals surface area contributed by atoms with Crippen LogP contribution in [0.5, 0.6) is 11.5 Å². The third-order valence-corrected chi connectivity index (χ3v) is 9.41. The zero-order valence-electron chi connectivity index (χ0n) is 26.6. The number of phenols is 2. The molecule has 2 rings (SSSR count). The number of carbonyl (C=O) groups excluding carboxylic acids is 1. The van der Waals surface area contributed by atoms with E-state index in [1.165, 1.54) is 44.6 Å². The van der Waals surface area contributed by atoms with Crippen molar-refractivity contribution in [1.82, 2.24) is 5.32 Å². The van der Waals surface area contributed by atoms with Gasteiger partial charge in [-0.25, -0.2) is 0 Å². The predicted octanol–water partition coefficient (Wildman–Crippen LogP) is 9.64. The van der Waals surface area contributed by atoms with Crippen LogP contribution in [0.1, 0.15) is 129 Å². The number of amides is 1. The van der Waals surface area contributed by atoms with E-state index < -0.39 is 11.0 Å². The number of rotatable bonds is 17. The molecule has 2 aromatic carbocycles. The first-order chi connectivity index (χ1) is 18.8. The summed E-state index contributed by atoms with van der Waals surface area (Å²) in [5.41, 5.74) is 0.323. The third kappa shape index (κ3) is 10.2. The Kier molecular flexibility index (Phi) is 13.1. The largest absolute Gasteiger partial charge is 0.508 e. The van der Waals surface area contributed by atoms with E-state index in [-0.39, 0.29) is 23.3 Å². The smallest absolute Gasteiger partial charge is 0.251 e. The molecule has 0 aliphatic heterocycles. The number of hydrogen-bond acceptors (Lipinski definition) is 3. The molecule has 3 N–H and O–H groups in total. The van der Waals surface area contributed by atoms with E-state index in [1.54, 1.807) is 12.1 Å². The summed E-state index contributed by atoms with van der Waals surface area (Å²) in [7, 11) is 0. The van der Waals surface area contributed by atoms with Gasteiger partial charge in [-0.3, -0.25) is 4.79 Å². The zero-order chi connectivity index (χ0) is 29.9. The highest BCUT2D eigenvalue weighted by molar-refractivity contribution is 5.94. The Hall–Kier alpha value is -2.49. The molecule has 1 amide bonds. The number of phenolic OH excluding ortho intramolecular Hbond substituents is 2. The molecule has 0 saturated heterocycles. The van der Waals surface area contributed by atoms with Gasteiger partial charge in [0.05, 0.1) is 0 Å². The van der Waals surface area contributed by atoms with Gasteiger partial charge in [0.1, 0.15) is 11.5 Å². The lowest BCUT2D eigenvalue weighted by Gasteiger charge is -2.46. The molecule has 0 fully saturated rings. The molecule has 0 radical (unpaired) electrons. The fourth-order valence-electron chi connectivity index (χ4n) is 6.17. The van der Waals surface area contributed by atoms with Gasteiger partial charge in [0.15, 0.2) is 0 Å². The van der Waals surface area contributed by atoms with Crippen LogP contribution in [-0.4, -0.2) is 21.7 Å². The second-order valence-corrected chi connectivity index (χ2v) is 13.7. The SMILES string of the molecule is CC(C)CCCC(C)CCCC(C)CCCC(C)(NC(=O)c1ccccc1)C(C)C(C)(C)c1cc(O)ccc1O. The van der Waals surface area contributed by atoms with Crippen molar-refractivity contribution in [3.8, 4) is 11.5 Å². The van der Waals surface area contributed by atoms with Crippen LogP contribution in [0.2, 0.25) is 0 Å². The lowest BCUT2D eigenvalue weighted by molar-refractivity contribution is 0.0805. The Bertz CT molecular complexity index is 1030. The van der Waals surface area contributed by atoms with Gasteiger partial charge in [0, 0.05) is 16.7 Å². The van der Waals surface area contributed by atoms with E-state index in [0.717, 1.165) is 31.1 Å². The van der Waals surface area contributed by atoms with Gasteiger partial charge in [-0.2, -0.15) is 0 Å². The average Bonchev–Trinajstić information content (AvgIpc) is 2.89. The van der Waals surface area contributed by atoms with Crippen molar-refractivity contribution in [1.29, 1.82) is 0 Å². The lowest BCUT2D eigenvalue weighted by Crippen LogP contribution is -2.55. The Morgan fingerprint density at radius 2 is 1.32 bits per heavy atom. The topological polar surface area (TPSA) is 69.6 Å². The van der Waals surface area contributed by atoms with Crippen LogP contribution >= 0.6 is 0 Å². The second kappa shape index (κ2) is 15.5. The summed E-state index contributed by atoms with van der Waals surface area (Å²) in [6.07, 6.45) is 10.8. The van der Waals surface area contributed by atoms with Gasteiger partial charge in [0.2, 0.25) is 0 Å². The number of benzene rings is 2. The standard InChI is InChI=1S/C36H57NO3/c1-26(2)15-12-16-27(3)17-13-18-28(4)19-14-24-36(8,37-34(40)30-20-10-9-11-21-30)29(5)35(6,7)32-25-31(38)22-23-33(32)39/h9-11,20-23,25-29,38-39H,12-19,24H2,1-8H3,(H,37,40). The van der Waals surface area contributed by atoms with Gasteiger partial charge in [0.25, 0.3) is 5.91 Å². The highest BCUT2D eigenvalue weighted by atomic mass is 16.3. The molecule has 4 heteroatoms. The van der Waals surface area contributed by atoms with Crippen molar-refractivity contribution in [2.45, 2.75) is 124 Å². The van der Waals surface area contributed by atoms with Gasteiger partial charge < -0.3 is 15.5 Å². The minimum atomic E-state index is -0.515. The maximum Gasteiger partial charge on any atom is 0.251 e. The quantitative estimate of drug-likeness (QED) is 0.171. The molecular weight excluding hydrogens is 494 g/mol. The molecule has 4 unspecified atom stereocenters. The van der Waals surface area contributed by atoms with Gasteiger partial charge >= 0.3 is 0 Å². The van der Waals surface area contributed by atoms with E-state index in [2.05, 4.69) is 60.7 Å². The van der Waals surface area contributed by atoms with Crippen molar-refractivity contribution in [3.63, 3.8) is 0 Å². The molecule has 2 aromatic rings. The van der Waals surface area contributed by atoms with Crippen LogP contribution in [0.25, 0.3) is 0 Å². The summed E-state index contributed by atoms with van der Waals surface area (Å²) in [4.78, 5) is 13.4. The molecule has 0 heterocycles. The monoisotopic (exact) mass is 551 g/mol. The zero-order valence-corrected chi connectivity index (χ0v) is 26.6. The first kappa shape index (κ1) is 33.7. The van der Waals surface area contributed by atoms with Crippen molar-refractivity contribution in [2.75, 3.05) is 0 Å². The van der Waals surface area contributed by atoms with Crippen LogP contribution in [0.3, 0.4) is 0 Å². The summed E-state index contributed by atoms with van der Waals surface area (Å²) < 4.78 is 0. The van der Waals surface area contributed by atoms with Crippen molar-refractivity contribution in [3.05, 3.63) is 59.7 Å². The molecule has 40 heavy (non-hydrogen) atoms. The van der Waals surface area contributed by atoms with Crippen molar-refractivity contribution >= 4 is 5.91 Å². The van der Waals surface area contributed by atoms with Crippen LogP contribution in [0, 0.1) is 23.7 Å². The highest BCUT2D eigenvalue weighted by Gasteiger charge is 2.43. The molecule has 0 aliphatic carbocycles.